The first-order valence-corrected chi connectivity index (χ1v) is 11.3. The number of ether oxygens (including phenoxy) is 3. The summed E-state index contributed by atoms with van der Waals surface area (Å²) in [5.74, 6) is 2.36. The van der Waals surface area contributed by atoms with Crippen LogP contribution in [0.2, 0.25) is 0 Å². The van der Waals surface area contributed by atoms with Gasteiger partial charge in [-0.25, -0.2) is 9.97 Å². The first kappa shape index (κ1) is 23.0. The number of aromatic nitrogens is 4. The number of rotatable bonds is 9. The molecule has 36 heavy (non-hydrogen) atoms. The molecule has 0 amide bonds. The van der Waals surface area contributed by atoms with Crippen LogP contribution in [0.25, 0.3) is 10.9 Å². The van der Waals surface area contributed by atoms with Crippen LogP contribution in [0.5, 0.6) is 17.2 Å². The Morgan fingerprint density at radius 1 is 0.750 bits per heavy atom. The maximum atomic E-state index is 5.42. The van der Waals surface area contributed by atoms with Crippen molar-refractivity contribution < 1.29 is 14.2 Å². The highest BCUT2D eigenvalue weighted by atomic mass is 16.5. The molecule has 2 heterocycles. The number of hydrogen-bond acceptors (Lipinski definition) is 8. The quantitative estimate of drug-likeness (QED) is 0.289. The highest BCUT2D eigenvalue weighted by Gasteiger charge is 2.14. The summed E-state index contributed by atoms with van der Waals surface area (Å²) in [6.07, 6.45) is 3.55. The van der Waals surface area contributed by atoms with E-state index in [-0.39, 0.29) is 0 Å². The van der Waals surface area contributed by atoms with Crippen LogP contribution < -0.4 is 24.8 Å². The Labute approximate surface area is 208 Å². The van der Waals surface area contributed by atoms with Gasteiger partial charge < -0.3 is 29.4 Å². The Morgan fingerprint density at radius 2 is 1.44 bits per heavy atom. The van der Waals surface area contributed by atoms with Crippen molar-refractivity contribution in [1.82, 2.24) is 19.5 Å². The topological polar surface area (TPSA) is 95.4 Å². The van der Waals surface area contributed by atoms with Gasteiger partial charge in [0.2, 0.25) is 17.6 Å². The summed E-state index contributed by atoms with van der Waals surface area (Å²) < 4.78 is 18.4. The minimum absolute atomic E-state index is 0.372. The van der Waals surface area contributed by atoms with Crippen molar-refractivity contribution in [3.63, 3.8) is 0 Å². The van der Waals surface area contributed by atoms with Gasteiger partial charge in [-0.1, -0.05) is 30.3 Å². The monoisotopic (exact) mass is 482 g/mol. The number of fused-ring (bicyclic) bond motifs is 1. The second-order valence-corrected chi connectivity index (χ2v) is 8.00. The number of hydrogen-bond donors (Lipinski definition) is 2. The third-order valence-corrected chi connectivity index (χ3v) is 5.72. The molecule has 0 aliphatic heterocycles. The molecule has 2 aromatic heterocycles. The van der Waals surface area contributed by atoms with Crippen molar-refractivity contribution in [2.75, 3.05) is 32.0 Å². The summed E-state index contributed by atoms with van der Waals surface area (Å²) >= 11 is 0. The van der Waals surface area contributed by atoms with Gasteiger partial charge in [0.05, 0.1) is 21.3 Å². The van der Waals surface area contributed by atoms with Crippen LogP contribution in [0.4, 0.5) is 23.3 Å². The molecule has 0 saturated carbocycles. The Balaban J connectivity index is 1.33. The third-order valence-electron chi connectivity index (χ3n) is 5.72. The van der Waals surface area contributed by atoms with Crippen molar-refractivity contribution in [3.05, 3.63) is 84.8 Å². The van der Waals surface area contributed by atoms with Gasteiger partial charge in [-0.05, 0) is 29.8 Å². The predicted molar refractivity (Wildman–Crippen MR) is 140 cm³/mol. The van der Waals surface area contributed by atoms with Crippen LogP contribution in [0.3, 0.4) is 0 Å². The molecule has 0 spiro atoms. The number of benzene rings is 3. The molecule has 0 aliphatic rings. The molecule has 0 bridgehead atoms. The molecule has 3 aromatic carbocycles. The van der Waals surface area contributed by atoms with E-state index in [2.05, 4.69) is 78.8 Å². The number of nitrogens with one attached hydrogen (secondary N) is 2. The average molecular weight is 483 g/mol. The summed E-state index contributed by atoms with van der Waals surface area (Å²) in [6, 6.07) is 22.3. The van der Waals surface area contributed by atoms with E-state index in [0.717, 1.165) is 23.1 Å². The van der Waals surface area contributed by atoms with Crippen molar-refractivity contribution in [3.8, 4) is 17.2 Å². The summed E-state index contributed by atoms with van der Waals surface area (Å²) in [4.78, 5) is 13.0. The lowest BCUT2D eigenvalue weighted by Crippen LogP contribution is -2.04. The van der Waals surface area contributed by atoms with Gasteiger partial charge in [0.25, 0.3) is 0 Å². The lowest BCUT2D eigenvalue weighted by atomic mass is 10.2. The van der Waals surface area contributed by atoms with Gasteiger partial charge >= 0.3 is 0 Å². The molecule has 182 valence electrons. The van der Waals surface area contributed by atoms with Gasteiger partial charge in [-0.15, -0.1) is 0 Å². The van der Waals surface area contributed by atoms with Gasteiger partial charge in [0.1, 0.15) is 6.33 Å². The van der Waals surface area contributed by atoms with Crippen molar-refractivity contribution in [1.29, 1.82) is 0 Å². The highest BCUT2D eigenvalue weighted by Crippen LogP contribution is 2.40. The molecular weight excluding hydrogens is 456 g/mol. The largest absolute Gasteiger partial charge is 0.493 e. The molecule has 5 rings (SSSR count). The molecule has 0 unspecified atom stereocenters. The second-order valence-electron chi connectivity index (χ2n) is 8.00. The average Bonchev–Trinajstić information content (AvgIpc) is 3.30. The number of anilines is 4. The maximum Gasteiger partial charge on any atom is 0.232 e. The zero-order chi connectivity index (χ0) is 24.9. The summed E-state index contributed by atoms with van der Waals surface area (Å²) in [5.41, 5.74) is 3.98. The Bertz CT molecular complexity index is 1460. The lowest BCUT2D eigenvalue weighted by molar-refractivity contribution is 0.324. The fourth-order valence-corrected chi connectivity index (χ4v) is 4.02. The van der Waals surface area contributed by atoms with E-state index in [0.29, 0.717) is 34.8 Å². The normalized spacial score (nSPS) is 10.8. The molecule has 0 radical (unpaired) electrons. The predicted octanol–water partition coefficient (Wildman–Crippen LogP) is 5.39. The number of nitrogens with zero attached hydrogens (tertiary/aromatic N) is 4. The molecular formula is C27H26N6O3. The molecule has 5 aromatic rings. The molecule has 9 nitrogen and oxygen atoms in total. The van der Waals surface area contributed by atoms with Crippen LogP contribution in [0, 0.1) is 0 Å². The molecule has 2 N–H and O–H groups in total. The Morgan fingerprint density at radius 3 is 2.11 bits per heavy atom. The van der Waals surface area contributed by atoms with Gasteiger partial charge in [0, 0.05) is 47.2 Å². The van der Waals surface area contributed by atoms with E-state index in [1.54, 1.807) is 33.5 Å². The maximum absolute atomic E-state index is 5.42. The van der Waals surface area contributed by atoms with E-state index < -0.39 is 0 Å². The standard InChI is InChI=1S/C27H26N6O3/c1-34-23-14-21(15-24(35-2)25(23)36-3)31-27-29-17-28-26(32-27)30-20-9-10-22-19(13-20)11-12-33(22)16-18-7-5-4-6-8-18/h4-15,17H,16H2,1-3H3,(H2,28,29,30,31,32). The van der Waals surface area contributed by atoms with Crippen molar-refractivity contribution >= 4 is 34.2 Å². The SMILES string of the molecule is COc1cc(Nc2ncnc(Nc3ccc4c(ccn4Cc4ccccc4)c3)n2)cc(OC)c1OC. The summed E-state index contributed by atoms with van der Waals surface area (Å²) in [6.45, 7) is 0.820. The summed E-state index contributed by atoms with van der Waals surface area (Å²) in [7, 11) is 4.70. The van der Waals surface area contributed by atoms with E-state index >= 15 is 0 Å². The van der Waals surface area contributed by atoms with Crippen molar-refractivity contribution in [2.45, 2.75) is 6.54 Å². The first-order valence-electron chi connectivity index (χ1n) is 11.3. The van der Waals surface area contributed by atoms with E-state index in [4.69, 9.17) is 14.2 Å². The molecule has 0 saturated heterocycles. The Hall–Kier alpha value is -4.79. The van der Waals surface area contributed by atoms with Gasteiger partial charge in [-0.2, -0.15) is 4.98 Å². The number of methoxy groups -OCH3 is 3. The van der Waals surface area contributed by atoms with Crippen LogP contribution in [0.15, 0.2) is 79.3 Å². The molecule has 9 heteroatoms. The van der Waals surface area contributed by atoms with Gasteiger partial charge in [-0.3, -0.25) is 0 Å². The third kappa shape index (κ3) is 4.85. The fourth-order valence-electron chi connectivity index (χ4n) is 4.02. The zero-order valence-corrected chi connectivity index (χ0v) is 20.2. The highest BCUT2D eigenvalue weighted by molar-refractivity contribution is 5.84. The van der Waals surface area contributed by atoms with E-state index in [1.165, 1.54) is 11.9 Å². The van der Waals surface area contributed by atoms with E-state index in [1.807, 2.05) is 12.1 Å². The summed E-state index contributed by atoms with van der Waals surface area (Å²) in [5, 5.41) is 7.56. The van der Waals surface area contributed by atoms with Crippen molar-refractivity contribution in [2.24, 2.45) is 0 Å². The fraction of sp³-hybridized carbons (Fsp3) is 0.148. The Kier molecular flexibility index (Phi) is 6.53. The van der Waals surface area contributed by atoms with Gasteiger partial charge in [0.15, 0.2) is 11.5 Å². The first-order chi connectivity index (χ1) is 17.7. The second kappa shape index (κ2) is 10.2. The minimum Gasteiger partial charge on any atom is -0.493 e. The van der Waals surface area contributed by atoms with Crippen LogP contribution >= 0.6 is 0 Å². The minimum atomic E-state index is 0.372. The molecule has 0 aliphatic carbocycles. The smallest absolute Gasteiger partial charge is 0.232 e. The molecule has 0 fully saturated rings. The van der Waals surface area contributed by atoms with Crippen LogP contribution in [0.1, 0.15) is 5.56 Å². The lowest BCUT2D eigenvalue weighted by Gasteiger charge is -2.14. The van der Waals surface area contributed by atoms with Crippen LogP contribution in [-0.2, 0) is 6.54 Å². The van der Waals surface area contributed by atoms with Crippen LogP contribution in [-0.4, -0.2) is 40.8 Å². The zero-order valence-electron chi connectivity index (χ0n) is 20.2. The molecule has 0 atom stereocenters. The van der Waals surface area contributed by atoms with E-state index in [9.17, 15) is 0 Å².